The Bertz CT molecular complexity index is 1530. The second kappa shape index (κ2) is 8.14. The summed E-state index contributed by atoms with van der Waals surface area (Å²) in [6.45, 7) is 9.39. The molecule has 2 aliphatic rings. The lowest BCUT2D eigenvalue weighted by Gasteiger charge is -2.42. The highest BCUT2D eigenvalue weighted by Crippen LogP contribution is 2.46. The van der Waals surface area contributed by atoms with Crippen LogP contribution in [-0.4, -0.2) is 41.2 Å². The van der Waals surface area contributed by atoms with E-state index in [-0.39, 0.29) is 24.3 Å². The molecular weight excluding hydrogens is 478 g/mol. The molecule has 0 aliphatic carbocycles. The van der Waals surface area contributed by atoms with Gasteiger partial charge in [0.25, 0.3) is 5.56 Å². The molecule has 0 saturated carbocycles. The first-order valence-electron chi connectivity index (χ1n) is 11.7. The largest absolute Gasteiger partial charge is 0.508 e. The number of phenols is 1. The number of nitrogens with zero attached hydrogens (tertiary/aromatic N) is 2. The van der Waals surface area contributed by atoms with Gasteiger partial charge in [-0.2, -0.15) is 0 Å². The maximum Gasteiger partial charge on any atom is 0.355 e. The molecule has 0 fully saturated rings. The zero-order chi connectivity index (χ0) is 26.0. The number of nitrogens with two attached hydrogens (primary N) is 1. The van der Waals surface area contributed by atoms with Gasteiger partial charge in [0, 0.05) is 16.5 Å². The van der Waals surface area contributed by atoms with Crippen molar-refractivity contribution in [2.75, 3.05) is 6.54 Å². The Labute approximate surface area is 208 Å². The minimum absolute atomic E-state index is 0.0630. The lowest BCUT2D eigenvalue weighted by atomic mass is 9.85. The third-order valence-corrected chi connectivity index (χ3v) is 10.0. The lowest BCUT2D eigenvalue weighted by molar-refractivity contribution is -0.189. The molecule has 0 saturated heterocycles. The van der Waals surface area contributed by atoms with E-state index in [0.29, 0.717) is 28.0 Å². The predicted molar refractivity (Wildman–Crippen MR) is 136 cm³/mol. The number of rotatable bonds is 5. The maximum atomic E-state index is 14.1. The van der Waals surface area contributed by atoms with Crippen molar-refractivity contribution >= 4 is 30.9 Å². The average Bonchev–Trinajstić information content (AvgIpc) is 3.21. The number of benzene rings is 1. The van der Waals surface area contributed by atoms with Gasteiger partial charge in [-0.1, -0.05) is 25.7 Å². The van der Waals surface area contributed by atoms with E-state index in [1.165, 1.54) is 0 Å². The molecule has 0 bridgehead atoms. The van der Waals surface area contributed by atoms with Crippen molar-refractivity contribution in [3.05, 3.63) is 69.7 Å². The van der Waals surface area contributed by atoms with Crippen LogP contribution >= 0.6 is 0 Å². The molecule has 2 unspecified atom stereocenters. The van der Waals surface area contributed by atoms with E-state index < -0.39 is 37.9 Å². The fourth-order valence-electron chi connectivity index (χ4n) is 5.06. The third-order valence-electron chi connectivity index (χ3n) is 7.19. The van der Waals surface area contributed by atoms with Crippen LogP contribution in [0.2, 0.25) is 13.1 Å². The van der Waals surface area contributed by atoms with Gasteiger partial charge in [-0.3, -0.25) is 9.59 Å². The summed E-state index contributed by atoms with van der Waals surface area (Å²) in [5, 5.41) is 10.6. The molecule has 0 radical (unpaired) electrons. The molecule has 9 nitrogen and oxygen atoms in total. The minimum Gasteiger partial charge on any atom is -0.508 e. The zero-order valence-corrected chi connectivity index (χ0v) is 21.3. The van der Waals surface area contributed by atoms with Gasteiger partial charge in [-0.25, -0.2) is 9.78 Å². The Morgan fingerprint density at radius 1 is 1.36 bits per heavy atom. The van der Waals surface area contributed by atoms with E-state index in [1.807, 2.05) is 19.2 Å². The molecule has 3 N–H and O–H groups in total. The van der Waals surface area contributed by atoms with Crippen LogP contribution in [0.25, 0.3) is 22.3 Å². The molecule has 10 heteroatoms. The number of phenolic OH excluding ortho intramolecular Hbond substituents is 1. The van der Waals surface area contributed by atoms with Crippen LogP contribution in [0, 0.1) is 0 Å². The molecule has 2 atom stereocenters. The Balaban J connectivity index is 1.83. The minimum atomic E-state index is -2.48. The van der Waals surface area contributed by atoms with E-state index in [0.717, 1.165) is 10.9 Å². The molecule has 0 spiro atoms. The summed E-state index contributed by atoms with van der Waals surface area (Å²) >= 11 is 0. The first-order valence-corrected chi connectivity index (χ1v) is 14.9. The van der Waals surface area contributed by atoms with Crippen molar-refractivity contribution in [1.29, 1.82) is 0 Å². The number of hydrogen-bond acceptors (Lipinski definition) is 8. The van der Waals surface area contributed by atoms with E-state index >= 15 is 0 Å². The van der Waals surface area contributed by atoms with E-state index in [1.54, 1.807) is 41.5 Å². The average molecular weight is 506 g/mol. The summed E-state index contributed by atoms with van der Waals surface area (Å²) < 4.78 is 13.2. The standard InChI is InChI=1S/C26H27N3O6Si/c1-5-26(35-20(31)12-27)17-11-19-22-15(9-14-10-16(30)7-8-18(14)28-22)13-29(19)23(32)21(17)24(34-25(26)33)36(3,4)6-2/h6-11,24,30H,2,5,12-13,27H2,1,3-4H3. The number of ether oxygens (including phenoxy) is 2. The molecule has 2 aromatic heterocycles. The van der Waals surface area contributed by atoms with E-state index in [9.17, 15) is 19.5 Å². The highest BCUT2D eigenvalue weighted by Gasteiger charge is 2.55. The molecule has 36 heavy (non-hydrogen) atoms. The maximum absolute atomic E-state index is 14.1. The Morgan fingerprint density at radius 3 is 2.78 bits per heavy atom. The van der Waals surface area contributed by atoms with Gasteiger partial charge in [0.05, 0.1) is 35.6 Å². The predicted octanol–water partition coefficient (Wildman–Crippen LogP) is 2.81. The molecule has 5 rings (SSSR count). The number of carbonyl (C=O) groups is 2. The number of aromatic nitrogens is 2. The van der Waals surface area contributed by atoms with Crippen molar-refractivity contribution in [3.8, 4) is 17.1 Å². The number of esters is 2. The number of aromatic hydroxyl groups is 1. The third kappa shape index (κ3) is 3.32. The monoisotopic (exact) mass is 505 g/mol. The Hall–Kier alpha value is -3.76. The van der Waals surface area contributed by atoms with Crippen LogP contribution in [0.4, 0.5) is 0 Å². The SMILES string of the molecule is C=C[Si](C)(C)C1OC(=O)C(CC)(OC(=O)CN)c2cc3n(c(=O)c21)Cc1cc2cc(O)ccc2nc1-3. The number of cyclic esters (lactones) is 1. The van der Waals surface area contributed by atoms with Gasteiger partial charge in [-0.15, -0.1) is 6.58 Å². The first-order chi connectivity index (χ1) is 17.1. The quantitative estimate of drug-likeness (QED) is 0.312. The van der Waals surface area contributed by atoms with Gasteiger partial charge in [0.2, 0.25) is 5.60 Å². The van der Waals surface area contributed by atoms with Gasteiger partial charge in [0.15, 0.2) is 0 Å². The van der Waals surface area contributed by atoms with Crippen molar-refractivity contribution < 1.29 is 24.2 Å². The number of carbonyl (C=O) groups excluding carboxylic acids is 2. The molecular formula is C26H27N3O6Si. The number of hydrogen-bond donors (Lipinski definition) is 2. The van der Waals surface area contributed by atoms with Crippen LogP contribution in [0.15, 0.2) is 47.4 Å². The molecule has 2 aliphatic heterocycles. The Morgan fingerprint density at radius 2 is 2.11 bits per heavy atom. The summed E-state index contributed by atoms with van der Waals surface area (Å²) in [5.74, 6) is -1.38. The molecule has 0 amide bonds. The van der Waals surface area contributed by atoms with Crippen LogP contribution < -0.4 is 11.3 Å². The fourth-order valence-corrected chi connectivity index (χ4v) is 6.71. The summed E-state index contributed by atoms with van der Waals surface area (Å²) in [5.41, 5.74) is 7.55. The highest BCUT2D eigenvalue weighted by atomic mass is 28.3. The molecule has 3 aromatic rings. The van der Waals surface area contributed by atoms with Crippen LogP contribution in [-0.2, 0) is 31.2 Å². The summed E-state index contributed by atoms with van der Waals surface area (Å²) in [4.78, 5) is 44.7. The van der Waals surface area contributed by atoms with Gasteiger partial charge >= 0.3 is 11.9 Å². The normalized spacial score (nSPS) is 20.3. The van der Waals surface area contributed by atoms with Crippen molar-refractivity contribution in [2.24, 2.45) is 5.73 Å². The molecule has 1 aromatic carbocycles. The highest BCUT2D eigenvalue weighted by molar-refractivity contribution is 6.83. The van der Waals surface area contributed by atoms with Crippen LogP contribution in [0.3, 0.4) is 0 Å². The van der Waals surface area contributed by atoms with Crippen LogP contribution in [0.1, 0.15) is 35.8 Å². The molecule has 186 valence electrons. The Kier molecular flexibility index (Phi) is 5.42. The van der Waals surface area contributed by atoms with Gasteiger partial charge < -0.3 is 24.9 Å². The number of fused-ring (bicyclic) bond motifs is 5. The molecule has 4 heterocycles. The smallest absolute Gasteiger partial charge is 0.355 e. The number of pyridine rings is 2. The second-order valence-electron chi connectivity index (χ2n) is 9.79. The van der Waals surface area contributed by atoms with Gasteiger partial charge in [-0.05, 0) is 36.8 Å². The first kappa shape index (κ1) is 24.0. The van der Waals surface area contributed by atoms with Crippen molar-refractivity contribution in [2.45, 2.75) is 44.3 Å². The van der Waals surface area contributed by atoms with E-state index in [2.05, 4.69) is 6.58 Å². The van der Waals surface area contributed by atoms with Crippen LogP contribution in [0.5, 0.6) is 5.75 Å². The lowest BCUT2D eigenvalue weighted by Crippen LogP contribution is -2.53. The van der Waals surface area contributed by atoms with Crippen molar-refractivity contribution in [1.82, 2.24) is 9.55 Å². The van der Waals surface area contributed by atoms with Gasteiger partial charge in [0.1, 0.15) is 19.6 Å². The zero-order valence-electron chi connectivity index (χ0n) is 20.3. The fraction of sp³-hybridized carbons (Fsp3) is 0.308. The summed E-state index contributed by atoms with van der Waals surface area (Å²) in [6, 6.07) is 8.50. The van der Waals surface area contributed by atoms with E-state index in [4.69, 9.17) is 20.2 Å². The topological polar surface area (TPSA) is 134 Å². The van der Waals surface area contributed by atoms with Crippen molar-refractivity contribution in [3.63, 3.8) is 0 Å². The summed E-state index contributed by atoms with van der Waals surface area (Å²) in [6.07, 6.45) is 0.0630. The second-order valence-corrected chi connectivity index (χ2v) is 14.4. The summed E-state index contributed by atoms with van der Waals surface area (Å²) in [7, 11) is -2.48.